The van der Waals surface area contributed by atoms with Gasteiger partial charge < -0.3 is 10.1 Å². The van der Waals surface area contributed by atoms with Gasteiger partial charge in [0.05, 0.1) is 24.9 Å². The Balaban J connectivity index is 1.53. The zero-order chi connectivity index (χ0) is 21.7. The monoisotopic (exact) mass is 422 g/mol. The van der Waals surface area contributed by atoms with Crippen LogP contribution >= 0.6 is 0 Å². The predicted molar refractivity (Wildman–Crippen MR) is 107 cm³/mol. The third-order valence-corrected chi connectivity index (χ3v) is 5.14. The average Bonchev–Trinajstić information content (AvgIpc) is 2.70. The SMILES string of the molecule is COc1ccc(C(F)(F)F)cc1NC(=O)CN1CCN(Cc2cccnc2C)CC1. The number of alkyl halides is 3. The van der Waals surface area contributed by atoms with Gasteiger partial charge in [0.15, 0.2) is 0 Å². The zero-order valence-electron chi connectivity index (χ0n) is 17.0. The first-order valence-corrected chi connectivity index (χ1v) is 9.66. The van der Waals surface area contributed by atoms with Crippen LogP contribution in [-0.4, -0.2) is 60.5 Å². The fourth-order valence-corrected chi connectivity index (χ4v) is 3.41. The predicted octanol–water partition coefficient (Wildman–Crippen LogP) is 3.17. The van der Waals surface area contributed by atoms with E-state index >= 15 is 0 Å². The number of anilines is 1. The minimum Gasteiger partial charge on any atom is -0.495 e. The lowest BCUT2D eigenvalue weighted by Gasteiger charge is -2.34. The average molecular weight is 422 g/mol. The molecule has 0 saturated carbocycles. The number of ether oxygens (including phenoxy) is 1. The number of nitrogens with one attached hydrogen (secondary N) is 1. The van der Waals surface area contributed by atoms with Gasteiger partial charge in [-0.15, -0.1) is 0 Å². The first-order valence-electron chi connectivity index (χ1n) is 9.66. The van der Waals surface area contributed by atoms with Crippen LogP contribution in [0.5, 0.6) is 5.75 Å². The summed E-state index contributed by atoms with van der Waals surface area (Å²) in [5, 5.41) is 2.55. The van der Waals surface area contributed by atoms with Crippen LogP contribution in [-0.2, 0) is 17.5 Å². The minimum absolute atomic E-state index is 0.0167. The maximum atomic E-state index is 13.0. The van der Waals surface area contributed by atoms with E-state index in [9.17, 15) is 18.0 Å². The van der Waals surface area contributed by atoms with Crippen LogP contribution in [0.4, 0.5) is 18.9 Å². The van der Waals surface area contributed by atoms with E-state index in [1.807, 2.05) is 17.9 Å². The molecule has 162 valence electrons. The molecular formula is C21H25F3N4O2. The number of pyridine rings is 1. The minimum atomic E-state index is -4.49. The first kappa shape index (κ1) is 22.0. The Morgan fingerprint density at radius 3 is 2.50 bits per heavy atom. The van der Waals surface area contributed by atoms with E-state index < -0.39 is 11.7 Å². The second kappa shape index (κ2) is 9.44. The molecule has 0 aliphatic carbocycles. The molecule has 1 amide bonds. The highest BCUT2D eigenvalue weighted by molar-refractivity contribution is 5.93. The summed E-state index contributed by atoms with van der Waals surface area (Å²) in [6, 6.07) is 7.01. The molecule has 0 spiro atoms. The number of rotatable bonds is 6. The Bertz CT molecular complexity index is 881. The van der Waals surface area contributed by atoms with E-state index in [0.29, 0.717) is 13.1 Å². The number of piperazine rings is 1. The number of halogens is 3. The highest BCUT2D eigenvalue weighted by Gasteiger charge is 2.31. The molecule has 0 bridgehead atoms. The number of amides is 1. The van der Waals surface area contributed by atoms with Crippen molar-refractivity contribution in [3.63, 3.8) is 0 Å². The summed E-state index contributed by atoms with van der Waals surface area (Å²) < 4.78 is 44.0. The zero-order valence-corrected chi connectivity index (χ0v) is 17.0. The Morgan fingerprint density at radius 1 is 1.17 bits per heavy atom. The molecule has 3 rings (SSSR count). The van der Waals surface area contributed by atoms with Gasteiger partial charge in [-0.3, -0.25) is 19.6 Å². The summed E-state index contributed by atoms with van der Waals surface area (Å²) in [6.07, 6.45) is -2.72. The fraction of sp³-hybridized carbons (Fsp3) is 0.429. The van der Waals surface area contributed by atoms with Crippen molar-refractivity contribution in [1.82, 2.24) is 14.8 Å². The van der Waals surface area contributed by atoms with Gasteiger partial charge in [-0.05, 0) is 36.8 Å². The van der Waals surface area contributed by atoms with Gasteiger partial charge >= 0.3 is 6.18 Å². The summed E-state index contributed by atoms with van der Waals surface area (Å²) in [7, 11) is 1.35. The van der Waals surface area contributed by atoms with Crippen molar-refractivity contribution in [2.24, 2.45) is 0 Å². The normalized spacial score (nSPS) is 15.8. The molecule has 1 aliphatic rings. The number of hydrogen-bond acceptors (Lipinski definition) is 5. The molecule has 2 heterocycles. The number of aromatic nitrogens is 1. The van der Waals surface area contributed by atoms with E-state index in [4.69, 9.17) is 4.74 Å². The quantitative estimate of drug-likeness (QED) is 0.775. The van der Waals surface area contributed by atoms with Crippen molar-refractivity contribution in [2.45, 2.75) is 19.6 Å². The Labute approximate surface area is 173 Å². The van der Waals surface area contributed by atoms with E-state index in [1.165, 1.54) is 18.7 Å². The summed E-state index contributed by atoms with van der Waals surface area (Å²) >= 11 is 0. The molecule has 2 aromatic rings. The largest absolute Gasteiger partial charge is 0.495 e. The topological polar surface area (TPSA) is 57.7 Å². The number of benzene rings is 1. The lowest BCUT2D eigenvalue weighted by atomic mass is 10.1. The van der Waals surface area contributed by atoms with E-state index in [-0.39, 0.29) is 23.9 Å². The van der Waals surface area contributed by atoms with Crippen molar-refractivity contribution >= 4 is 11.6 Å². The van der Waals surface area contributed by atoms with Crippen molar-refractivity contribution < 1.29 is 22.7 Å². The molecule has 0 unspecified atom stereocenters. The molecule has 1 fully saturated rings. The van der Waals surface area contributed by atoms with Gasteiger partial charge in [-0.2, -0.15) is 13.2 Å². The van der Waals surface area contributed by atoms with Crippen LogP contribution in [0.15, 0.2) is 36.5 Å². The first-order chi connectivity index (χ1) is 14.3. The third kappa shape index (κ3) is 5.70. The Kier molecular flexibility index (Phi) is 6.94. The van der Waals surface area contributed by atoms with Crippen LogP contribution in [0.1, 0.15) is 16.8 Å². The fourth-order valence-electron chi connectivity index (χ4n) is 3.41. The summed E-state index contributed by atoms with van der Waals surface area (Å²) in [6.45, 7) is 5.90. The van der Waals surface area contributed by atoms with Gasteiger partial charge in [0.25, 0.3) is 0 Å². The van der Waals surface area contributed by atoms with Crippen molar-refractivity contribution in [2.75, 3.05) is 45.2 Å². The molecule has 6 nitrogen and oxygen atoms in total. The molecule has 9 heteroatoms. The van der Waals surface area contributed by atoms with Gasteiger partial charge in [-0.25, -0.2) is 0 Å². The van der Waals surface area contributed by atoms with E-state index in [1.54, 1.807) is 6.20 Å². The summed E-state index contributed by atoms with van der Waals surface area (Å²) in [5.74, 6) is -0.183. The molecule has 1 saturated heterocycles. The third-order valence-electron chi connectivity index (χ3n) is 5.14. The molecule has 1 N–H and O–H groups in total. The van der Waals surface area contributed by atoms with Crippen LogP contribution in [0.3, 0.4) is 0 Å². The maximum absolute atomic E-state index is 13.0. The highest BCUT2D eigenvalue weighted by atomic mass is 19.4. The maximum Gasteiger partial charge on any atom is 0.416 e. The number of aryl methyl sites for hydroxylation is 1. The van der Waals surface area contributed by atoms with Crippen molar-refractivity contribution in [1.29, 1.82) is 0 Å². The van der Waals surface area contributed by atoms with Crippen LogP contribution in [0.2, 0.25) is 0 Å². The summed E-state index contributed by atoms with van der Waals surface area (Å²) in [4.78, 5) is 21.0. The molecule has 30 heavy (non-hydrogen) atoms. The van der Waals surface area contributed by atoms with Crippen molar-refractivity contribution in [3.05, 3.63) is 53.3 Å². The number of methoxy groups -OCH3 is 1. The molecule has 0 atom stereocenters. The lowest BCUT2D eigenvalue weighted by molar-refractivity contribution is -0.137. The van der Waals surface area contributed by atoms with Crippen LogP contribution in [0.25, 0.3) is 0 Å². The molecule has 1 aromatic carbocycles. The standard InChI is InChI=1S/C21H25F3N4O2/c1-15-16(4-3-7-25-15)13-27-8-10-28(11-9-27)14-20(29)26-18-12-17(21(22,23)24)5-6-19(18)30-2/h3-7,12H,8-11,13-14H2,1-2H3,(H,26,29). The van der Waals surface area contributed by atoms with Gasteiger partial charge in [0, 0.05) is 44.6 Å². The highest BCUT2D eigenvalue weighted by Crippen LogP contribution is 2.34. The van der Waals surface area contributed by atoms with E-state index in [0.717, 1.165) is 37.5 Å². The second-order valence-corrected chi connectivity index (χ2v) is 7.26. The van der Waals surface area contributed by atoms with Crippen LogP contribution < -0.4 is 10.1 Å². The number of carbonyl (C=O) groups excluding carboxylic acids is 1. The lowest BCUT2D eigenvalue weighted by Crippen LogP contribution is -2.48. The Hall–Kier alpha value is -2.65. The van der Waals surface area contributed by atoms with E-state index in [2.05, 4.69) is 21.3 Å². The van der Waals surface area contributed by atoms with Gasteiger partial charge in [0.1, 0.15) is 5.75 Å². The number of carbonyl (C=O) groups is 1. The second-order valence-electron chi connectivity index (χ2n) is 7.26. The smallest absolute Gasteiger partial charge is 0.416 e. The number of hydrogen-bond donors (Lipinski definition) is 1. The molecular weight excluding hydrogens is 397 g/mol. The molecule has 1 aromatic heterocycles. The number of nitrogens with zero attached hydrogens (tertiary/aromatic N) is 3. The Morgan fingerprint density at radius 2 is 1.87 bits per heavy atom. The summed E-state index contributed by atoms with van der Waals surface area (Å²) in [5.41, 5.74) is 1.37. The van der Waals surface area contributed by atoms with Gasteiger partial charge in [0.2, 0.25) is 5.91 Å². The molecule has 1 aliphatic heterocycles. The van der Waals surface area contributed by atoms with Gasteiger partial charge in [-0.1, -0.05) is 6.07 Å². The molecule has 0 radical (unpaired) electrons. The van der Waals surface area contributed by atoms with Crippen molar-refractivity contribution in [3.8, 4) is 5.75 Å². The van der Waals surface area contributed by atoms with Crippen LogP contribution in [0, 0.1) is 6.92 Å².